The third kappa shape index (κ3) is 1.94. The van der Waals surface area contributed by atoms with Gasteiger partial charge in [0.2, 0.25) is 5.28 Å². The predicted octanol–water partition coefficient (Wildman–Crippen LogP) is 4.31. The van der Waals surface area contributed by atoms with Crippen LogP contribution in [0.3, 0.4) is 0 Å². The number of nitrogens with zero attached hydrogens (tertiary/aromatic N) is 2. The molecule has 0 aliphatic carbocycles. The van der Waals surface area contributed by atoms with Crippen molar-refractivity contribution in [2.45, 2.75) is 0 Å². The molecule has 0 bridgehead atoms. The summed E-state index contributed by atoms with van der Waals surface area (Å²) in [5, 5.41) is 1.23. The van der Waals surface area contributed by atoms with Crippen LogP contribution in [0.25, 0.3) is 22.4 Å². The van der Waals surface area contributed by atoms with Crippen LogP contribution in [0.5, 0.6) is 0 Å². The number of rotatable bonds is 1. The molecule has 5 heteroatoms. The highest BCUT2D eigenvalue weighted by molar-refractivity contribution is 9.10. The molecule has 3 nitrogen and oxygen atoms in total. The van der Waals surface area contributed by atoms with Crippen molar-refractivity contribution in [2.24, 2.45) is 0 Å². The lowest BCUT2D eigenvalue weighted by molar-refractivity contribution is 0.628. The summed E-state index contributed by atoms with van der Waals surface area (Å²) in [7, 11) is 0. The lowest BCUT2D eigenvalue weighted by atomic mass is 10.2. The maximum atomic E-state index is 5.78. The van der Waals surface area contributed by atoms with Crippen molar-refractivity contribution in [3.05, 3.63) is 46.3 Å². The average Bonchev–Trinajstić information content (AvgIpc) is 2.75. The molecule has 0 atom stereocenters. The van der Waals surface area contributed by atoms with E-state index in [9.17, 15) is 0 Å². The van der Waals surface area contributed by atoms with Gasteiger partial charge in [-0.2, -0.15) is 0 Å². The van der Waals surface area contributed by atoms with Gasteiger partial charge in [-0.3, -0.25) is 0 Å². The Bertz CT molecular complexity index is 663. The Morgan fingerprint density at radius 1 is 1.24 bits per heavy atom. The van der Waals surface area contributed by atoms with E-state index in [4.69, 9.17) is 16.0 Å². The topological polar surface area (TPSA) is 38.9 Å². The highest BCUT2D eigenvalue weighted by Gasteiger charge is 2.11. The Morgan fingerprint density at radius 2 is 2.06 bits per heavy atom. The van der Waals surface area contributed by atoms with E-state index in [-0.39, 0.29) is 5.28 Å². The SMILES string of the molecule is Clc1ncc(Br)c(-c2cc3ccccc3o2)n1. The Morgan fingerprint density at radius 3 is 2.88 bits per heavy atom. The van der Waals surface area contributed by atoms with Crippen molar-refractivity contribution in [3.63, 3.8) is 0 Å². The van der Waals surface area contributed by atoms with Crippen molar-refractivity contribution in [1.82, 2.24) is 9.97 Å². The Kier molecular flexibility index (Phi) is 2.61. The molecule has 0 saturated carbocycles. The normalized spacial score (nSPS) is 10.9. The van der Waals surface area contributed by atoms with Crippen molar-refractivity contribution in [1.29, 1.82) is 0 Å². The molecule has 3 rings (SSSR count). The monoisotopic (exact) mass is 308 g/mol. The molecule has 2 heterocycles. The van der Waals surface area contributed by atoms with Crippen LogP contribution in [-0.2, 0) is 0 Å². The molecule has 0 saturated heterocycles. The largest absolute Gasteiger partial charge is 0.454 e. The smallest absolute Gasteiger partial charge is 0.223 e. The summed E-state index contributed by atoms with van der Waals surface area (Å²) < 4.78 is 6.46. The first kappa shape index (κ1) is 10.7. The van der Waals surface area contributed by atoms with Crippen LogP contribution in [-0.4, -0.2) is 9.97 Å². The zero-order valence-corrected chi connectivity index (χ0v) is 10.9. The van der Waals surface area contributed by atoms with Crippen LogP contribution < -0.4 is 0 Å². The lowest BCUT2D eigenvalue weighted by Gasteiger charge is -1.98. The Labute approximate surface area is 111 Å². The quantitative estimate of drug-likeness (QED) is 0.629. The van der Waals surface area contributed by atoms with Crippen LogP contribution in [0.1, 0.15) is 0 Å². The molecule has 0 spiro atoms. The molecule has 0 radical (unpaired) electrons. The summed E-state index contributed by atoms with van der Waals surface area (Å²) in [5.74, 6) is 0.669. The molecule has 84 valence electrons. The summed E-state index contributed by atoms with van der Waals surface area (Å²) in [6, 6.07) is 9.72. The van der Waals surface area contributed by atoms with Gasteiger partial charge < -0.3 is 4.42 Å². The molecule has 3 aromatic rings. The van der Waals surface area contributed by atoms with E-state index in [1.165, 1.54) is 0 Å². The maximum Gasteiger partial charge on any atom is 0.223 e. The van der Waals surface area contributed by atoms with Gasteiger partial charge in [0, 0.05) is 11.6 Å². The predicted molar refractivity (Wildman–Crippen MR) is 70.0 cm³/mol. The van der Waals surface area contributed by atoms with E-state index in [1.807, 2.05) is 30.3 Å². The van der Waals surface area contributed by atoms with Crippen molar-refractivity contribution in [2.75, 3.05) is 0 Å². The second-order valence-electron chi connectivity index (χ2n) is 3.48. The minimum Gasteiger partial charge on any atom is -0.454 e. The number of hydrogen-bond acceptors (Lipinski definition) is 3. The van der Waals surface area contributed by atoms with Gasteiger partial charge in [-0.25, -0.2) is 9.97 Å². The van der Waals surface area contributed by atoms with E-state index in [1.54, 1.807) is 6.20 Å². The number of para-hydroxylation sites is 1. The average molecular weight is 310 g/mol. The number of benzene rings is 1. The second kappa shape index (κ2) is 4.13. The van der Waals surface area contributed by atoms with Gasteiger partial charge in [0.1, 0.15) is 11.3 Å². The summed E-state index contributed by atoms with van der Waals surface area (Å²) in [5.41, 5.74) is 1.48. The Balaban J connectivity index is 2.23. The molecule has 0 N–H and O–H groups in total. The highest BCUT2D eigenvalue weighted by atomic mass is 79.9. The van der Waals surface area contributed by atoms with Crippen LogP contribution >= 0.6 is 27.5 Å². The molecule has 0 aliphatic rings. The lowest BCUT2D eigenvalue weighted by Crippen LogP contribution is -1.87. The number of halogens is 2. The van der Waals surface area contributed by atoms with Crippen molar-refractivity contribution < 1.29 is 4.42 Å². The van der Waals surface area contributed by atoms with E-state index >= 15 is 0 Å². The van der Waals surface area contributed by atoms with Gasteiger partial charge in [-0.15, -0.1) is 0 Å². The molecular formula is C12H6BrClN2O. The molecule has 0 unspecified atom stereocenters. The zero-order chi connectivity index (χ0) is 11.8. The van der Waals surface area contributed by atoms with Gasteiger partial charge in [-0.1, -0.05) is 18.2 Å². The van der Waals surface area contributed by atoms with Crippen LogP contribution in [0.4, 0.5) is 0 Å². The van der Waals surface area contributed by atoms with Gasteiger partial charge in [0.25, 0.3) is 0 Å². The van der Waals surface area contributed by atoms with E-state index in [0.29, 0.717) is 11.5 Å². The fourth-order valence-corrected chi connectivity index (χ4v) is 2.14. The van der Waals surface area contributed by atoms with Gasteiger partial charge in [-0.05, 0) is 39.7 Å². The molecule has 0 fully saturated rings. The third-order valence-corrected chi connectivity index (χ3v) is 3.14. The van der Waals surface area contributed by atoms with Crippen molar-refractivity contribution in [3.8, 4) is 11.5 Å². The standard InChI is InChI=1S/C12H6BrClN2O/c13-8-6-15-12(14)16-11(8)10-5-7-3-1-2-4-9(7)17-10/h1-6H. The summed E-state index contributed by atoms with van der Waals surface area (Å²) >= 11 is 9.16. The first-order chi connectivity index (χ1) is 8.24. The summed E-state index contributed by atoms with van der Waals surface area (Å²) in [6.07, 6.45) is 1.61. The molecule has 0 aliphatic heterocycles. The van der Waals surface area contributed by atoms with Gasteiger partial charge in [0.05, 0.1) is 4.47 Å². The number of furan rings is 1. The number of aromatic nitrogens is 2. The maximum absolute atomic E-state index is 5.78. The van der Waals surface area contributed by atoms with Crippen molar-refractivity contribution >= 4 is 38.5 Å². The minimum absolute atomic E-state index is 0.198. The van der Waals surface area contributed by atoms with Gasteiger partial charge in [0.15, 0.2) is 5.76 Å². The van der Waals surface area contributed by atoms with E-state index < -0.39 is 0 Å². The fourth-order valence-electron chi connectivity index (χ4n) is 1.62. The first-order valence-electron chi connectivity index (χ1n) is 4.91. The van der Waals surface area contributed by atoms with Crippen LogP contribution in [0.2, 0.25) is 5.28 Å². The van der Waals surface area contributed by atoms with Gasteiger partial charge >= 0.3 is 0 Å². The van der Waals surface area contributed by atoms with Crippen LogP contribution in [0, 0.1) is 0 Å². The zero-order valence-electron chi connectivity index (χ0n) is 8.52. The molecule has 0 amide bonds. The van der Waals surface area contributed by atoms with E-state index in [2.05, 4.69) is 25.9 Å². The first-order valence-corrected chi connectivity index (χ1v) is 6.08. The second-order valence-corrected chi connectivity index (χ2v) is 4.68. The van der Waals surface area contributed by atoms with Crippen LogP contribution in [0.15, 0.2) is 45.4 Å². The third-order valence-electron chi connectivity index (χ3n) is 2.37. The Hall–Kier alpha value is -1.39. The van der Waals surface area contributed by atoms with E-state index in [0.717, 1.165) is 15.4 Å². The number of fused-ring (bicyclic) bond motifs is 1. The molecule has 2 aromatic heterocycles. The molecule has 17 heavy (non-hydrogen) atoms. The number of hydrogen-bond donors (Lipinski definition) is 0. The highest BCUT2D eigenvalue weighted by Crippen LogP contribution is 2.31. The summed E-state index contributed by atoms with van der Waals surface area (Å²) in [6.45, 7) is 0. The fraction of sp³-hybridized carbons (Fsp3) is 0. The molecule has 1 aromatic carbocycles. The summed E-state index contributed by atoms with van der Waals surface area (Å²) in [4.78, 5) is 8.04. The minimum atomic E-state index is 0.198. The molecular weight excluding hydrogens is 304 g/mol.